The number of para-hydroxylation sites is 1. The van der Waals surface area contributed by atoms with Gasteiger partial charge in [0.1, 0.15) is 12.4 Å². The molecule has 0 fully saturated rings. The van der Waals surface area contributed by atoms with Crippen LogP contribution in [0.4, 0.5) is 0 Å². The van der Waals surface area contributed by atoms with Gasteiger partial charge in [-0.3, -0.25) is 4.79 Å². The molecule has 0 heterocycles. The SMILES string of the molecule is CCCCCCCOCC(=O)c1ccccc1OC. The molecule has 0 N–H and O–H groups in total. The summed E-state index contributed by atoms with van der Waals surface area (Å²) in [5, 5.41) is 0. The molecule has 1 rings (SSSR count). The largest absolute Gasteiger partial charge is 0.496 e. The van der Waals surface area contributed by atoms with Crippen LogP contribution in [0, 0.1) is 0 Å². The van der Waals surface area contributed by atoms with Gasteiger partial charge in [0.15, 0.2) is 5.78 Å². The van der Waals surface area contributed by atoms with Gasteiger partial charge in [0, 0.05) is 6.61 Å². The minimum absolute atomic E-state index is 0.0222. The van der Waals surface area contributed by atoms with Crippen LogP contribution in [0.5, 0.6) is 5.75 Å². The van der Waals surface area contributed by atoms with Gasteiger partial charge in [0.2, 0.25) is 0 Å². The van der Waals surface area contributed by atoms with Gasteiger partial charge in [-0.15, -0.1) is 0 Å². The lowest BCUT2D eigenvalue weighted by molar-refractivity contribution is 0.0749. The molecule has 3 heteroatoms. The zero-order valence-corrected chi connectivity index (χ0v) is 12.0. The van der Waals surface area contributed by atoms with Crippen LogP contribution < -0.4 is 4.74 Å². The Hall–Kier alpha value is -1.35. The highest BCUT2D eigenvalue weighted by atomic mass is 16.5. The first-order valence-corrected chi connectivity index (χ1v) is 7.03. The van der Waals surface area contributed by atoms with Crippen molar-refractivity contribution in [1.82, 2.24) is 0 Å². The lowest BCUT2D eigenvalue weighted by Gasteiger charge is -2.07. The predicted octanol–water partition coefficient (Wildman–Crippen LogP) is 3.86. The van der Waals surface area contributed by atoms with Crippen LogP contribution in [0.15, 0.2) is 24.3 Å². The third kappa shape index (κ3) is 5.88. The normalized spacial score (nSPS) is 10.4. The third-order valence-electron chi connectivity index (χ3n) is 3.03. The number of unbranched alkanes of at least 4 members (excludes halogenated alkanes) is 4. The van der Waals surface area contributed by atoms with E-state index >= 15 is 0 Å². The van der Waals surface area contributed by atoms with E-state index in [1.54, 1.807) is 19.2 Å². The molecule has 0 saturated carbocycles. The van der Waals surface area contributed by atoms with E-state index < -0.39 is 0 Å². The number of ketones is 1. The molecule has 1 aromatic rings. The molecule has 0 aliphatic heterocycles. The molecule has 0 amide bonds. The lowest BCUT2D eigenvalue weighted by atomic mass is 10.1. The van der Waals surface area contributed by atoms with Crippen molar-refractivity contribution in [3.05, 3.63) is 29.8 Å². The number of carbonyl (C=O) groups excluding carboxylic acids is 1. The molecular formula is C16H24O3. The first-order valence-electron chi connectivity index (χ1n) is 7.03. The van der Waals surface area contributed by atoms with Crippen LogP contribution in [0.2, 0.25) is 0 Å². The van der Waals surface area contributed by atoms with Crippen molar-refractivity contribution in [2.45, 2.75) is 39.0 Å². The molecule has 19 heavy (non-hydrogen) atoms. The van der Waals surface area contributed by atoms with Crippen molar-refractivity contribution >= 4 is 5.78 Å². The van der Waals surface area contributed by atoms with E-state index in [1.807, 2.05) is 12.1 Å². The third-order valence-corrected chi connectivity index (χ3v) is 3.03. The maximum absolute atomic E-state index is 12.0. The number of benzene rings is 1. The van der Waals surface area contributed by atoms with E-state index in [4.69, 9.17) is 9.47 Å². The van der Waals surface area contributed by atoms with Gasteiger partial charge in [-0.1, -0.05) is 44.7 Å². The average molecular weight is 264 g/mol. The van der Waals surface area contributed by atoms with Crippen molar-refractivity contribution in [3.8, 4) is 5.75 Å². The Labute approximate surface area is 115 Å². The van der Waals surface area contributed by atoms with E-state index in [9.17, 15) is 4.79 Å². The molecule has 0 aliphatic rings. The Balaban J connectivity index is 2.24. The quantitative estimate of drug-likeness (QED) is 0.475. The van der Waals surface area contributed by atoms with Crippen molar-refractivity contribution in [2.24, 2.45) is 0 Å². The molecule has 0 spiro atoms. The summed E-state index contributed by atoms with van der Waals surface area (Å²) >= 11 is 0. The maximum atomic E-state index is 12.0. The van der Waals surface area contributed by atoms with Gasteiger partial charge in [-0.2, -0.15) is 0 Å². The summed E-state index contributed by atoms with van der Waals surface area (Å²) in [7, 11) is 1.57. The van der Waals surface area contributed by atoms with Gasteiger partial charge in [-0.05, 0) is 18.6 Å². The molecule has 0 aromatic heterocycles. The van der Waals surface area contributed by atoms with Crippen LogP contribution in [-0.4, -0.2) is 26.1 Å². The van der Waals surface area contributed by atoms with Crippen LogP contribution >= 0.6 is 0 Å². The summed E-state index contributed by atoms with van der Waals surface area (Å²) < 4.78 is 10.6. The second-order valence-corrected chi connectivity index (χ2v) is 4.59. The zero-order chi connectivity index (χ0) is 13.9. The van der Waals surface area contributed by atoms with Crippen molar-refractivity contribution < 1.29 is 14.3 Å². The summed E-state index contributed by atoms with van der Waals surface area (Å²) in [6.45, 7) is 2.99. The van der Waals surface area contributed by atoms with Gasteiger partial charge in [0.05, 0.1) is 12.7 Å². The zero-order valence-electron chi connectivity index (χ0n) is 12.0. The molecule has 0 radical (unpaired) electrons. The maximum Gasteiger partial charge on any atom is 0.192 e. The van der Waals surface area contributed by atoms with E-state index in [0.29, 0.717) is 17.9 Å². The van der Waals surface area contributed by atoms with E-state index in [2.05, 4.69) is 6.92 Å². The molecule has 0 unspecified atom stereocenters. The lowest BCUT2D eigenvalue weighted by Crippen LogP contribution is -2.11. The number of Topliss-reactive ketones (excluding diaryl/α,β-unsaturated/α-hetero) is 1. The highest BCUT2D eigenvalue weighted by Gasteiger charge is 2.11. The van der Waals surface area contributed by atoms with Crippen LogP contribution in [0.25, 0.3) is 0 Å². The van der Waals surface area contributed by atoms with Gasteiger partial charge >= 0.3 is 0 Å². The highest BCUT2D eigenvalue weighted by Crippen LogP contribution is 2.17. The molecule has 0 saturated heterocycles. The average Bonchev–Trinajstić information content (AvgIpc) is 2.46. The Morgan fingerprint density at radius 3 is 2.58 bits per heavy atom. The van der Waals surface area contributed by atoms with E-state index in [1.165, 1.54) is 25.7 Å². The fourth-order valence-electron chi connectivity index (χ4n) is 1.93. The Morgan fingerprint density at radius 2 is 1.84 bits per heavy atom. The standard InChI is InChI=1S/C16H24O3/c1-3-4-5-6-9-12-19-13-15(17)14-10-7-8-11-16(14)18-2/h7-8,10-11H,3-6,9,12-13H2,1-2H3. The van der Waals surface area contributed by atoms with Gasteiger partial charge in [-0.25, -0.2) is 0 Å². The summed E-state index contributed by atoms with van der Waals surface area (Å²) in [6.07, 6.45) is 5.98. The second kappa shape index (κ2) is 9.56. The summed E-state index contributed by atoms with van der Waals surface area (Å²) in [5.41, 5.74) is 0.594. The minimum atomic E-state index is -0.0222. The number of hydrogen-bond acceptors (Lipinski definition) is 3. The molecule has 0 atom stereocenters. The summed E-state index contributed by atoms with van der Waals surface area (Å²) in [5.74, 6) is 0.588. The first kappa shape index (κ1) is 15.7. The van der Waals surface area contributed by atoms with E-state index in [0.717, 1.165) is 6.42 Å². The first-order chi connectivity index (χ1) is 9.29. The monoisotopic (exact) mass is 264 g/mol. The van der Waals surface area contributed by atoms with Crippen LogP contribution in [-0.2, 0) is 4.74 Å². The Morgan fingerprint density at radius 1 is 1.11 bits per heavy atom. The van der Waals surface area contributed by atoms with Gasteiger partial charge < -0.3 is 9.47 Å². The minimum Gasteiger partial charge on any atom is -0.496 e. The van der Waals surface area contributed by atoms with Crippen LogP contribution in [0.3, 0.4) is 0 Å². The Kier molecular flexibility index (Phi) is 7.91. The fourth-order valence-corrected chi connectivity index (χ4v) is 1.93. The van der Waals surface area contributed by atoms with Gasteiger partial charge in [0.25, 0.3) is 0 Å². The summed E-state index contributed by atoms with van der Waals surface area (Å²) in [4.78, 5) is 12.0. The number of carbonyl (C=O) groups is 1. The molecular weight excluding hydrogens is 240 g/mol. The smallest absolute Gasteiger partial charge is 0.192 e. The second-order valence-electron chi connectivity index (χ2n) is 4.59. The molecule has 0 aliphatic carbocycles. The Bertz CT molecular complexity index is 374. The predicted molar refractivity (Wildman–Crippen MR) is 76.9 cm³/mol. The summed E-state index contributed by atoms with van der Waals surface area (Å²) in [6, 6.07) is 7.24. The van der Waals surface area contributed by atoms with Crippen LogP contribution in [0.1, 0.15) is 49.4 Å². The van der Waals surface area contributed by atoms with Crippen molar-refractivity contribution in [3.63, 3.8) is 0 Å². The van der Waals surface area contributed by atoms with E-state index in [-0.39, 0.29) is 12.4 Å². The van der Waals surface area contributed by atoms with Crippen molar-refractivity contribution in [1.29, 1.82) is 0 Å². The highest BCUT2D eigenvalue weighted by molar-refractivity contribution is 5.99. The number of methoxy groups -OCH3 is 1. The number of ether oxygens (including phenoxy) is 2. The number of rotatable bonds is 10. The fraction of sp³-hybridized carbons (Fsp3) is 0.562. The molecule has 3 nitrogen and oxygen atoms in total. The van der Waals surface area contributed by atoms with Crippen molar-refractivity contribution in [2.75, 3.05) is 20.3 Å². The molecule has 106 valence electrons. The molecule has 1 aromatic carbocycles. The molecule has 0 bridgehead atoms. The topological polar surface area (TPSA) is 35.5 Å². The number of hydrogen-bond donors (Lipinski definition) is 0.